The molecule has 31 heavy (non-hydrogen) atoms. The summed E-state index contributed by atoms with van der Waals surface area (Å²) < 4.78 is 16.1. The monoisotopic (exact) mass is 426 g/mol. The van der Waals surface area contributed by atoms with Gasteiger partial charge in [0.2, 0.25) is 12.7 Å². The van der Waals surface area contributed by atoms with E-state index in [0.717, 1.165) is 30.5 Å². The Morgan fingerprint density at radius 2 is 1.71 bits per heavy atom. The van der Waals surface area contributed by atoms with Gasteiger partial charge in [-0.15, -0.1) is 0 Å². The maximum absolute atomic E-state index is 12.7. The van der Waals surface area contributed by atoms with Gasteiger partial charge in [0, 0.05) is 62.8 Å². The molecule has 0 unspecified atom stereocenters. The van der Waals surface area contributed by atoms with Crippen LogP contribution in [0.15, 0.2) is 24.3 Å². The number of rotatable bonds is 3. The van der Waals surface area contributed by atoms with E-state index >= 15 is 0 Å². The molecule has 2 fully saturated rings. The highest BCUT2D eigenvalue weighted by Gasteiger charge is 2.24. The van der Waals surface area contributed by atoms with Gasteiger partial charge < -0.3 is 34.2 Å². The van der Waals surface area contributed by atoms with Crippen LogP contribution in [-0.4, -0.2) is 80.2 Å². The predicted octanol–water partition coefficient (Wildman–Crippen LogP) is 1.70. The van der Waals surface area contributed by atoms with Gasteiger partial charge >= 0.3 is 6.03 Å². The van der Waals surface area contributed by atoms with Gasteiger partial charge in [0.15, 0.2) is 11.5 Å². The Morgan fingerprint density at radius 3 is 2.52 bits per heavy atom. The van der Waals surface area contributed by atoms with Crippen LogP contribution in [0.3, 0.4) is 0 Å². The van der Waals surface area contributed by atoms with E-state index in [2.05, 4.69) is 20.1 Å². The first kappa shape index (κ1) is 19.7. The maximum atomic E-state index is 12.7. The molecule has 2 amide bonds. The number of carbonyl (C=O) groups excluding carboxylic acids is 1. The molecule has 0 saturated carbocycles. The molecular weight excluding hydrogens is 400 g/mol. The molecule has 5 rings (SSSR count). The number of aryl methyl sites for hydroxylation is 1. The summed E-state index contributed by atoms with van der Waals surface area (Å²) in [6.07, 6.45) is 0. The van der Waals surface area contributed by atoms with Gasteiger partial charge in [-0.3, -0.25) is 0 Å². The average Bonchev–Trinajstić information content (AvgIpc) is 3.27. The third kappa shape index (κ3) is 4.29. The molecule has 0 bridgehead atoms. The van der Waals surface area contributed by atoms with Gasteiger partial charge in [-0.05, 0) is 19.1 Å². The number of benzene rings is 1. The first-order valence-corrected chi connectivity index (χ1v) is 10.5. The maximum Gasteiger partial charge on any atom is 0.321 e. The Hall–Kier alpha value is -3.27. The van der Waals surface area contributed by atoms with Crippen molar-refractivity contribution in [2.45, 2.75) is 6.92 Å². The summed E-state index contributed by atoms with van der Waals surface area (Å²) in [5.41, 5.74) is 1.63. The normalized spacial score (nSPS) is 18.3. The fourth-order valence-corrected chi connectivity index (χ4v) is 3.92. The van der Waals surface area contributed by atoms with Gasteiger partial charge in [-0.2, -0.15) is 4.98 Å². The quantitative estimate of drug-likeness (QED) is 0.793. The third-order valence-corrected chi connectivity index (χ3v) is 5.64. The Morgan fingerprint density at radius 1 is 0.935 bits per heavy atom. The minimum atomic E-state index is -0.119. The molecule has 1 aromatic heterocycles. The molecule has 164 valence electrons. The molecule has 10 nitrogen and oxygen atoms in total. The van der Waals surface area contributed by atoms with Crippen molar-refractivity contribution in [2.24, 2.45) is 0 Å². The SMILES string of the molecule is Cc1cc(N2CCN(C(=O)Nc3ccc4c(c3)OCO4)CC2)nc(N2CCOCC2)n1. The number of morpholine rings is 1. The van der Waals surface area contributed by atoms with Crippen molar-refractivity contribution in [2.75, 3.05) is 74.4 Å². The summed E-state index contributed by atoms with van der Waals surface area (Å²) in [6.45, 7) is 7.87. The van der Waals surface area contributed by atoms with E-state index in [4.69, 9.17) is 19.2 Å². The largest absolute Gasteiger partial charge is 0.454 e. The summed E-state index contributed by atoms with van der Waals surface area (Å²) in [5, 5.41) is 2.95. The van der Waals surface area contributed by atoms with E-state index in [1.807, 2.05) is 24.0 Å². The smallest absolute Gasteiger partial charge is 0.321 e. The molecule has 4 heterocycles. The highest BCUT2D eigenvalue weighted by Crippen LogP contribution is 2.34. The number of urea groups is 1. The first-order valence-electron chi connectivity index (χ1n) is 10.5. The Balaban J connectivity index is 1.20. The molecule has 0 spiro atoms. The van der Waals surface area contributed by atoms with E-state index in [1.165, 1.54) is 0 Å². The van der Waals surface area contributed by atoms with Crippen molar-refractivity contribution in [3.05, 3.63) is 30.0 Å². The zero-order valence-electron chi connectivity index (χ0n) is 17.5. The van der Waals surface area contributed by atoms with Gasteiger partial charge in [0.25, 0.3) is 0 Å². The molecule has 2 saturated heterocycles. The van der Waals surface area contributed by atoms with Crippen molar-refractivity contribution < 1.29 is 19.0 Å². The van der Waals surface area contributed by atoms with E-state index in [9.17, 15) is 4.79 Å². The second-order valence-corrected chi connectivity index (χ2v) is 7.74. The van der Waals surface area contributed by atoms with Crippen molar-refractivity contribution in [3.63, 3.8) is 0 Å². The van der Waals surface area contributed by atoms with E-state index < -0.39 is 0 Å². The summed E-state index contributed by atoms with van der Waals surface area (Å²) in [5.74, 6) is 3.01. The molecule has 1 aromatic carbocycles. The third-order valence-electron chi connectivity index (χ3n) is 5.64. The van der Waals surface area contributed by atoms with E-state index in [0.29, 0.717) is 56.6 Å². The summed E-state index contributed by atoms with van der Waals surface area (Å²) in [6, 6.07) is 7.30. The zero-order valence-corrected chi connectivity index (χ0v) is 17.5. The lowest BCUT2D eigenvalue weighted by Gasteiger charge is -2.36. The van der Waals surface area contributed by atoms with Crippen LogP contribution in [0, 0.1) is 6.92 Å². The van der Waals surface area contributed by atoms with Crippen LogP contribution in [0.2, 0.25) is 0 Å². The summed E-state index contributed by atoms with van der Waals surface area (Å²) >= 11 is 0. The van der Waals surface area contributed by atoms with Gasteiger partial charge in [0.1, 0.15) is 5.82 Å². The standard InChI is InChI=1S/C21H26N6O4/c1-15-12-19(24-20(22-15)26-8-10-29-11-9-26)25-4-6-27(7-5-25)21(28)23-16-2-3-17-18(13-16)31-14-30-17/h2-3,12-13H,4-11,14H2,1H3,(H,23,28). The lowest BCUT2D eigenvalue weighted by Crippen LogP contribution is -2.50. The highest BCUT2D eigenvalue weighted by atomic mass is 16.7. The van der Waals surface area contributed by atoms with E-state index in [1.54, 1.807) is 12.1 Å². The van der Waals surface area contributed by atoms with Crippen molar-refractivity contribution in [1.82, 2.24) is 14.9 Å². The van der Waals surface area contributed by atoms with Crippen LogP contribution in [0.5, 0.6) is 11.5 Å². The Kier molecular flexibility index (Phi) is 5.37. The highest BCUT2D eigenvalue weighted by molar-refractivity contribution is 5.90. The van der Waals surface area contributed by atoms with Gasteiger partial charge in [-0.25, -0.2) is 9.78 Å². The van der Waals surface area contributed by atoms with Crippen LogP contribution < -0.4 is 24.6 Å². The number of piperazine rings is 1. The number of hydrogen-bond acceptors (Lipinski definition) is 8. The Bertz CT molecular complexity index is 957. The van der Waals surface area contributed by atoms with Crippen LogP contribution in [0.25, 0.3) is 0 Å². The number of nitrogens with one attached hydrogen (secondary N) is 1. The number of nitrogens with zero attached hydrogens (tertiary/aromatic N) is 5. The number of anilines is 3. The molecule has 3 aliphatic rings. The number of fused-ring (bicyclic) bond motifs is 1. The molecule has 0 atom stereocenters. The van der Waals surface area contributed by atoms with Crippen LogP contribution >= 0.6 is 0 Å². The van der Waals surface area contributed by atoms with Gasteiger partial charge in [0.05, 0.1) is 13.2 Å². The Labute approximate surface area is 180 Å². The molecule has 0 radical (unpaired) electrons. The zero-order chi connectivity index (χ0) is 21.2. The van der Waals surface area contributed by atoms with Crippen molar-refractivity contribution in [1.29, 1.82) is 0 Å². The van der Waals surface area contributed by atoms with Crippen LogP contribution in [0.1, 0.15) is 5.69 Å². The summed E-state index contributed by atoms with van der Waals surface area (Å²) in [7, 11) is 0. The number of ether oxygens (including phenoxy) is 3. The topological polar surface area (TPSA) is 92.3 Å². The first-order chi connectivity index (χ1) is 15.2. The second-order valence-electron chi connectivity index (χ2n) is 7.74. The van der Waals surface area contributed by atoms with Crippen LogP contribution in [-0.2, 0) is 4.74 Å². The predicted molar refractivity (Wildman–Crippen MR) is 115 cm³/mol. The molecule has 10 heteroatoms. The molecule has 1 N–H and O–H groups in total. The number of carbonyl (C=O) groups is 1. The lowest BCUT2D eigenvalue weighted by molar-refractivity contribution is 0.122. The number of amides is 2. The van der Waals surface area contributed by atoms with Crippen molar-refractivity contribution in [3.8, 4) is 11.5 Å². The average molecular weight is 426 g/mol. The van der Waals surface area contributed by atoms with Crippen molar-refractivity contribution >= 4 is 23.5 Å². The number of aromatic nitrogens is 2. The number of hydrogen-bond donors (Lipinski definition) is 1. The van der Waals surface area contributed by atoms with E-state index in [-0.39, 0.29) is 12.8 Å². The minimum absolute atomic E-state index is 0.119. The second kappa shape index (κ2) is 8.46. The molecule has 3 aliphatic heterocycles. The summed E-state index contributed by atoms with van der Waals surface area (Å²) in [4.78, 5) is 28.3. The molecule has 2 aromatic rings. The van der Waals surface area contributed by atoms with Gasteiger partial charge in [-0.1, -0.05) is 0 Å². The van der Waals surface area contributed by atoms with Crippen LogP contribution in [0.4, 0.5) is 22.2 Å². The fourth-order valence-electron chi connectivity index (χ4n) is 3.92. The lowest BCUT2D eigenvalue weighted by atomic mass is 10.2. The molecule has 0 aliphatic carbocycles. The molecular formula is C21H26N6O4. The fraction of sp³-hybridized carbons (Fsp3) is 0.476. The minimum Gasteiger partial charge on any atom is -0.454 e.